The third-order valence-corrected chi connectivity index (χ3v) is 3.58. The van der Waals surface area contributed by atoms with E-state index >= 15 is 0 Å². The van der Waals surface area contributed by atoms with Gasteiger partial charge < -0.3 is 4.90 Å². The van der Waals surface area contributed by atoms with E-state index in [1.54, 1.807) is 12.1 Å². The molecule has 0 radical (unpaired) electrons. The average molecular weight is 296 g/mol. The standard InChI is InChI=1S/C18H20N2O2/c1-3-19(4-2)18-14-17(20(21)22)13-12-16(18)11-10-15-8-6-5-7-9-15/h5-14H,3-4H2,1-2H3. The molecule has 0 bridgehead atoms. The minimum atomic E-state index is -0.350. The Bertz CT molecular complexity index is 662. The molecule has 0 aliphatic rings. The molecular weight excluding hydrogens is 276 g/mol. The van der Waals surface area contributed by atoms with Crippen molar-refractivity contribution < 1.29 is 4.92 Å². The van der Waals surface area contributed by atoms with Crippen LogP contribution in [0, 0.1) is 10.1 Å². The quantitative estimate of drug-likeness (QED) is 0.444. The van der Waals surface area contributed by atoms with Gasteiger partial charge in [-0.1, -0.05) is 42.5 Å². The van der Waals surface area contributed by atoms with Gasteiger partial charge in [0.25, 0.3) is 5.69 Å². The van der Waals surface area contributed by atoms with E-state index in [0.717, 1.165) is 29.9 Å². The van der Waals surface area contributed by atoms with Gasteiger partial charge in [-0.2, -0.15) is 0 Å². The van der Waals surface area contributed by atoms with Gasteiger partial charge in [0.15, 0.2) is 0 Å². The topological polar surface area (TPSA) is 46.4 Å². The number of benzene rings is 2. The lowest BCUT2D eigenvalue weighted by atomic mass is 10.1. The van der Waals surface area contributed by atoms with E-state index in [-0.39, 0.29) is 10.6 Å². The summed E-state index contributed by atoms with van der Waals surface area (Å²) in [5, 5.41) is 11.0. The molecular formula is C18H20N2O2. The summed E-state index contributed by atoms with van der Waals surface area (Å²) in [5.41, 5.74) is 3.11. The Morgan fingerprint density at radius 2 is 1.73 bits per heavy atom. The zero-order valence-corrected chi connectivity index (χ0v) is 12.9. The Morgan fingerprint density at radius 3 is 2.32 bits per heavy atom. The Kier molecular flexibility index (Phi) is 5.31. The van der Waals surface area contributed by atoms with Crippen molar-refractivity contribution in [2.45, 2.75) is 13.8 Å². The van der Waals surface area contributed by atoms with Gasteiger partial charge >= 0.3 is 0 Å². The number of nitro groups is 1. The smallest absolute Gasteiger partial charge is 0.271 e. The molecule has 2 rings (SSSR count). The molecule has 0 amide bonds. The third-order valence-electron chi connectivity index (χ3n) is 3.58. The number of hydrogen-bond donors (Lipinski definition) is 0. The maximum absolute atomic E-state index is 11.0. The van der Waals surface area contributed by atoms with E-state index in [4.69, 9.17) is 0 Å². The molecule has 0 saturated heterocycles. The number of anilines is 1. The predicted octanol–water partition coefficient (Wildman–Crippen LogP) is 4.61. The summed E-state index contributed by atoms with van der Waals surface area (Å²) in [7, 11) is 0. The first-order valence-electron chi connectivity index (χ1n) is 7.42. The summed E-state index contributed by atoms with van der Waals surface area (Å²) in [6, 6.07) is 15.0. The zero-order chi connectivity index (χ0) is 15.9. The van der Waals surface area contributed by atoms with Gasteiger partial charge in [-0.15, -0.1) is 0 Å². The van der Waals surface area contributed by atoms with Crippen LogP contribution in [0.15, 0.2) is 48.5 Å². The van der Waals surface area contributed by atoms with Gasteiger partial charge in [-0.05, 0) is 31.0 Å². The number of non-ortho nitro benzene ring substituents is 1. The van der Waals surface area contributed by atoms with E-state index in [2.05, 4.69) is 4.90 Å². The fraction of sp³-hybridized carbons (Fsp3) is 0.222. The minimum absolute atomic E-state index is 0.124. The Balaban J connectivity index is 2.41. The van der Waals surface area contributed by atoms with Crippen LogP contribution < -0.4 is 4.90 Å². The van der Waals surface area contributed by atoms with Crippen molar-refractivity contribution in [1.82, 2.24) is 0 Å². The largest absolute Gasteiger partial charge is 0.371 e. The molecule has 0 unspecified atom stereocenters. The SMILES string of the molecule is CCN(CC)c1cc([N+](=O)[O-])ccc1C=Cc1ccccc1. The maximum Gasteiger partial charge on any atom is 0.271 e. The highest BCUT2D eigenvalue weighted by atomic mass is 16.6. The van der Waals surface area contributed by atoms with E-state index in [0.29, 0.717) is 0 Å². The van der Waals surface area contributed by atoms with Gasteiger partial charge in [-0.3, -0.25) is 10.1 Å². The van der Waals surface area contributed by atoms with Gasteiger partial charge in [0, 0.05) is 25.2 Å². The van der Waals surface area contributed by atoms with Crippen molar-refractivity contribution in [2.75, 3.05) is 18.0 Å². The second kappa shape index (κ2) is 7.41. The van der Waals surface area contributed by atoms with Crippen LogP contribution in [0.25, 0.3) is 12.2 Å². The van der Waals surface area contributed by atoms with Crippen LogP contribution in [0.2, 0.25) is 0 Å². The number of hydrogen-bond acceptors (Lipinski definition) is 3. The van der Waals surface area contributed by atoms with Crippen LogP contribution in [-0.2, 0) is 0 Å². The first kappa shape index (κ1) is 15.8. The Hall–Kier alpha value is -2.62. The lowest BCUT2D eigenvalue weighted by Gasteiger charge is -2.23. The molecule has 0 N–H and O–H groups in total. The maximum atomic E-state index is 11.0. The molecule has 2 aromatic carbocycles. The Labute approximate surface area is 130 Å². The highest BCUT2D eigenvalue weighted by Crippen LogP contribution is 2.27. The van der Waals surface area contributed by atoms with Crippen molar-refractivity contribution in [3.63, 3.8) is 0 Å². The monoisotopic (exact) mass is 296 g/mol. The van der Waals surface area contributed by atoms with E-state index < -0.39 is 0 Å². The second-order valence-corrected chi connectivity index (χ2v) is 4.92. The highest BCUT2D eigenvalue weighted by molar-refractivity contribution is 5.78. The summed E-state index contributed by atoms with van der Waals surface area (Å²) in [4.78, 5) is 12.8. The molecule has 0 saturated carbocycles. The van der Waals surface area contributed by atoms with Crippen LogP contribution in [0.3, 0.4) is 0 Å². The van der Waals surface area contributed by atoms with Crippen LogP contribution in [-0.4, -0.2) is 18.0 Å². The molecule has 4 heteroatoms. The van der Waals surface area contributed by atoms with E-state index in [1.807, 2.05) is 62.4 Å². The molecule has 114 valence electrons. The van der Waals surface area contributed by atoms with Gasteiger partial charge in [0.1, 0.15) is 0 Å². The van der Waals surface area contributed by atoms with Crippen molar-refractivity contribution >= 4 is 23.5 Å². The molecule has 0 fully saturated rings. The molecule has 0 aromatic heterocycles. The first-order valence-corrected chi connectivity index (χ1v) is 7.42. The van der Waals surface area contributed by atoms with Gasteiger partial charge in [-0.25, -0.2) is 0 Å². The van der Waals surface area contributed by atoms with E-state index in [9.17, 15) is 10.1 Å². The van der Waals surface area contributed by atoms with Crippen molar-refractivity contribution in [1.29, 1.82) is 0 Å². The number of nitro benzene ring substituents is 1. The summed E-state index contributed by atoms with van der Waals surface area (Å²) < 4.78 is 0. The van der Waals surface area contributed by atoms with Crippen molar-refractivity contribution in [2.24, 2.45) is 0 Å². The van der Waals surface area contributed by atoms with Crippen LogP contribution >= 0.6 is 0 Å². The zero-order valence-electron chi connectivity index (χ0n) is 12.9. The van der Waals surface area contributed by atoms with Gasteiger partial charge in [0.05, 0.1) is 10.6 Å². The summed E-state index contributed by atoms with van der Waals surface area (Å²) in [6.07, 6.45) is 4.03. The summed E-state index contributed by atoms with van der Waals surface area (Å²) in [5.74, 6) is 0. The molecule has 0 heterocycles. The number of rotatable bonds is 6. The highest BCUT2D eigenvalue weighted by Gasteiger charge is 2.13. The summed E-state index contributed by atoms with van der Waals surface area (Å²) >= 11 is 0. The van der Waals surface area contributed by atoms with Crippen LogP contribution in [0.5, 0.6) is 0 Å². The lowest BCUT2D eigenvalue weighted by Crippen LogP contribution is -2.22. The minimum Gasteiger partial charge on any atom is -0.371 e. The molecule has 4 nitrogen and oxygen atoms in total. The van der Waals surface area contributed by atoms with E-state index in [1.165, 1.54) is 0 Å². The summed E-state index contributed by atoms with van der Waals surface area (Å²) in [6.45, 7) is 5.72. The molecule has 0 spiro atoms. The van der Waals surface area contributed by atoms with Crippen LogP contribution in [0.1, 0.15) is 25.0 Å². The average Bonchev–Trinajstić information content (AvgIpc) is 2.55. The van der Waals surface area contributed by atoms with Crippen LogP contribution in [0.4, 0.5) is 11.4 Å². The molecule has 2 aromatic rings. The second-order valence-electron chi connectivity index (χ2n) is 4.92. The van der Waals surface area contributed by atoms with Crippen molar-refractivity contribution in [3.05, 3.63) is 69.8 Å². The molecule has 0 atom stereocenters. The molecule has 22 heavy (non-hydrogen) atoms. The van der Waals surface area contributed by atoms with Crippen molar-refractivity contribution in [3.8, 4) is 0 Å². The fourth-order valence-electron chi connectivity index (χ4n) is 2.37. The normalized spacial score (nSPS) is 10.8. The lowest BCUT2D eigenvalue weighted by molar-refractivity contribution is -0.384. The van der Waals surface area contributed by atoms with Gasteiger partial charge in [0.2, 0.25) is 0 Å². The molecule has 0 aliphatic carbocycles. The third kappa shape index (κ3) is 3.73. The number of nitrogens with zero attached hydrogens (tertiary/aromatic N) is 2. The molecule has 0 aliphatic heterocycles. The predicted molar refractivity (Wildman–Crippen MR) is 92.0 cm³/mol. The Morgan fingerprint density at radius 1 is 1.05 bits per heavy atom. The first-order chi connectivity index (χ1) is 10.7. The fourth-order valence-corrected chi connectivity index (χ4v) is 2.37.